The van der Waals surface area contributed by atoms with E-state index in [1.54, 1.807) is 0 Å². The van der Waals surface area contributed by atoms with Gasteiger partial charge in [0.1, 0.15) is 0 Å². The summed E-state index contributed by atoms with van der Waals surface area (Å²) in [6.07, 6.45) is 4.58. The third kappa shape index (κ3) is 6.64. The molecule has 0 aromatic heterocycles. The van der Waals surface area contributed by atoms with Crippen LogP contribution in [0.15, 0.2) is 0 Å². The van der Waals surface area contributed by atoms with E-state index in [1.165, 1.54) is 39.1 Å². The second kappa shape index (κ2) is 8.48. The fourth-order valence-corrected chi connectivity index (χ4v) is 2.34. The maximum Gasteiger partial charge on any atom is 0.303 e. The number of carboxylic acids is 1. The van der Waals surface area contributed by atoms with Crippen LogP contribution < -0.4 is 0 Å². The van der Waals surface area contributed by atoms with Crippen molar-refractivity contribution in [2.75, 3.05) is 39.3 Å². The standard InChI is InChI=1S/C13H26N2O2/c1-2-7-14-9-11-15(12-10-14)8-5-3-4-6-13(16)17/h2-12H2,1H3,(H,16,17). The van der Waals surface area contributed by atoms with Crippen molar-refractivity contribution < 1.29 is 9.90 Å². The van der Waals surface area contributed by atoms with Crippen molar-refractivity contribution in [1.82, 2.24) is 9.80 Å². The van der Waals surface area contributed by atoms with Gasteiger partial charge in [0.05, 0.1) is 0 Å². The monoisotopic (exact) mass is 242 g/mol. The lowest BCUT2D eigenvalue weighted by Gasteiger charge is -2.34. The smallest absolute Gasteiger partial charge is 0.303 e. The first-order valence-corrected chi connectivity index (χ1v) is 6.89. The summed E-state index contributed by atoms with van der Waals surface area (Å²) >= 11 is 0. The van der Waals surface area contributed by atoms with Crippen molar-refractivity contribution in [3.05, 3.63) is 0 Å². The van der Waals surface area contributed by atoms with Gasteiger partial charge in [0.2, 0.25) is 0 Å². The van der Waals surface area contributed by atoms with Gasteiger partial charge in [-0.25, -0.2) is 0 Å². The van der Waals surface area contributed by atoms with Crippen molar-refractivity contribution in [3.8, 4) is 0 Å². The summed E-state index contributed by atoms with van der Waals surface area (Å²) in [7, 11) is 0. The Labute approximate surface area is 105 Å². The summed E-state index contributed by atoms with van der Waals surface area (Å²) in [5, 5.41) is 8.53. The lowest BCUT2D eigenvalue weighted by atomic mass is 10.2. The summed E-state index contributed by atoms with van der Waals surface area (Å²) in [5.41, 5.74) is 0. The molecule has 0 bridgehead atoms. The van der Waals surface area contributed by atoms with Crippen molar-refractivity contribution in [3.63, 3.8) is 0 Å². The molecule has 0 spiro atoms. The molecule has 1 N–H and O–H groups in total. The molecule has 1 aliphatic rings. The minimum atomic E-state index is -0.668. The van der Waals surface area contributed by atoms with Crippen LogP contribution in [-0.2, 0) is 4.79 Å². The average Bonchev–Trinajstić information content (AvgIpc) is 2.31. The quantitative estimate of drug-likeness (QED) is 0.657. The SMILES string of the molecule is CCCN1CCN(CCCCCC(=O)O)CC1. The Morgan fingerprint density at radius 2 is 1.59 bits per heavy atom. The highest BCUT2D eigenvalue weighted by Gasteiger charge is 2.15. The van der Waals surface area contributed by atoms with E-state index in [-0.39, 0.29) is 0 Å². The normalized spacial score (nSPS) is 18.4. The number of nitrogens with zero attached hydrogens (tertiary/aromatic N) is 2. The van der Waals surface area contributed by atoms with Gasteiger partial charge in [-0.15, -0.1) is 0 Å². The van der Waals surface area contributed by atoms with Crippen LogP contribution in [0, 0.1) is 0 Å². The lowest BCUT2D eigenvalue weighted by molar-refractivity contribution is -0.137. The first kappa shape index (κ1) is 14.5. The zero-order chi connectivity index (χ0) is 12.5. The van der Waals surface area contributed by atoms with E-state index < -0.39 is 5.97 Å². The van der Waals surface area contributed by atoms with E-state index >= 15 is 0 Å². The molecule has 0 atom stereocenters. The number of hydrogen-bond donors (Lipinski definition) is 1. The fraction of sp³-hybridized carbons (Fsp3) is 0.923. The molecule has 0 aliphatic carbocycles. The van der Waals surface area contributed by atoms with Crippen LogP contribution in [0.2, 0.25) is 0 Å². The fourth-order valence-electron chi connectivity index (χ4n) is 2.34. The van der Waals surface area contributed by atoms with Gasteiger partial charge in [0.15, 0.2) is 0 Å². The Morgan fingerprint density at radius 1 is 1.00 bits per heavy atom. The molecular formula is C13H26N2O2. The second-order valence-electron chi connectivity index (χ2n) is 4.89. The van der Waals surface area contributed by atoms with Crippen molar-refractivity contribution in [1.29, 1.82) is 0 Å². The molecule has 0 radical (unpaired) electrons. The molecule has 0 unspecified atom stereocenters. The molecule has 1 saturated heterocycles. The molecule has 1 rings (SSSR count). The number of piperazine rings is 1. The van der Waals surface area contributed by atoms with Gasteiger partial charge in [-0.3, -0.25) is 4.79 Å². The Balaban J connectivity index is 1.97. The van der Waals surface area contributed by atoms with Crippen molar-refractivity contribution in [2.24, 2.45) is 0 Å². The summed E-state index contributed by atoms with van der Waals surface area (Å²) in [6.45, 7) is 9.35. The minimum absolute atomic E-state index is 0.324. The van der Waals surface area contributed by atoms with Gasteiger partial charge >= 0.3 is 5.97 Å². The van der Waals surface area contributed by atoms with E-state index in [1.807, 2.05) is 0 Å². The topological polar surface area (TPSA) is 43.8 Å². The Morgan fingerprint density at radius 3 is 2.12 bits per heavy atom. The molecule has 17 heavy (non-hydrogen) atoms. The summed E-state index contributed by atoms with van der Waals surface area (Å²) in [4.78, 5) is 15.4. The maximum atomic E-state index is 10.3. The van der Waals surface area contributed by atoms with Gasteiger partial charge in [0, 0.05) is 32.6 Å². The predicted octanol–water partition coefficient (Wildman–Crippen LogP) is 1.66. The number of aliphatic carboxylic acids is 1. The Bertz CT molecular complexity index is 213. The molecule has 100 valence electrons. The Hall–Kier alpha value is -0.610. The molecule has 0 amide bonds. The van der Waals surface area contributed by atoms with Crippen LogP contribution in [0.25, 0.3) is 0 Å². The van der Waals surface area contributed by atoms with Crippen LogP contribution in [0.4, 0.5) is 0 Å². The number of hydrogen-bond acceptors (Lipinski definition) is 3. The van der Waals surface area contributed by atoms with Crippen molar-refractivity contribution in [2.45, 2.75) is 39.0 Å². The Kier molecular flexibility index (Phi) is 7.21. The molecule has 4 nitrogen and oxygen atoms in total. The maximum absolute atomic E-state index is 10.3. The van der Waals surface area contributed by atoms with Crippen LogP contribution in [0.3, 0.4) is 0 Å². The highest BCUT2D eigenvalue weighted by molar-refractivity contribution is 5.66. The zero-order valence-corrected chi connectivity index (χ0v) is 11.0. The molecular weight excluding hydrogens is 216 g/mol. The van der Waals surface area contributed by atoms with Gasteiger partial charge in [0.25, 0.3) is 0 Å². The van der Waals surface area contributed by atoms with Crippen LogP contribution in [0.1, 0.15) is 39.0 Å². The second-order valence-corrected chi connectivity index (χ2v) is 4.89. The largest absolute Gasteiger partial charge is 0.481 e. The first-order valence-electron chi connectivity index (χ1n) is 6.89. The summed E-state index contributed by atoms with van der Waals surface area (Å²) in [5.74, 6) is -0.668. The van der Waals surface area contributed by atoms with Crippen LogP contribution >= 0.6 is 0 Å². The molecule has 0 aromatic rings. The highest BCUT2D eigenvalue weighted by Crippen LogP contribution is 2.06. The molecule has 1 fully saturated rings. The minimum Gasteiger partial charge on any atom is -0.481 e. The zero-order valence-electron chi connectivity index (χ0n) is 11.0. The molecule has 0 aromatic carbocycles. The van der Waals surface area contributed by atoms with E-state index in [2.05, 4.69) is 16.7 Å². The van der Waals surface area contributed by atoms with E-state index in [0.29, 0.717) is 6.42 Å². The number of rotatable bonds is 8. The predicted molar refractivity (Wildman–Crippen MR) is 69.3 cm³/mol. The van der Waals surface area contributed by atoms with Gasteiger partial charge < -0.3 is 14.9 Å². The lowest BCUT2D eigenvalue weighted by Crippen LogP contribution is -2.46. The van der Waals surface area contributed by atoms with Crippen molar-refractivity contribution >= 4 is 5.97 Å². The molecule has 1 aliphatic heterocycles. The molecule has 1 heterocycles. The number of unbranched alkanes of at least 4 members (excludes halogenated alkanes) is 2. The summed E-state index contributed by atoms with van der Waals surface area (Å²) in [6, 6.07) is 0. The van der Waals surface area contributed by atoms with Crippen LogP contribution in [-0.4, -0.2) is 60.1 Å². The van der Waals surface area contributed by atoms with Gasteiger partial charge in [-0.1, -0.05) is 13.3 Å². The van der Waals surface area contributed by atoms with E-state index in [9.17, 15) is 4.79 Å². The van der Waals surface area contributed by atoms with Gasteiger partial charge in [-0.05, 0) is 32.4 Å². The summed E-state index contributed by atoms with van der Waals surface area (Å²) < 4.78 is 0. The third-order valence-corrected chi connectivity index (χ3v) is 3.37. The third-order valence-electron chi connectivity index (χ3n) is 3.37. The highest BCUT2D eigenvalue weighted by atomic mass is 16.4. The number of carbonyl (C=O) groups is 1. The molecule has 0 saturated carbocycles. The first-order chi connectivity index (χ1) is 8.22. The molecule has 4 heteroatoms. The van der Waals surface area contributed by atoms with Gasteiger partial charge in [-0.2, -0.15) is 0 Å². The van der Waals surface area contributed by atoms with E-state index in [0.717, 1.165) is 25.8 Å². The van der Waals surface area contributed by atoms with E-state index in [4.69, 9.17) is 5.11 Å². The average molecular weight is 242 g/mol. The van der Waals surface area contributed by atoms with Crippen LogP contribution in [0.5, 0.6) is 0 Å². The number of carboxylic acid groups (broad SMARTS) is 1.